The highest BCUT2D eigenvalue weighted by atomic mass is 16.5. The Kier molecular flexibility index (Phi) is 4.81. The molecule has 0 aromatic carbocycles. The van der Waals surface area contributed by atoms with Crippen molar-refractivity contribution in [1.82, 2.24) is 25.3 Å². The topological polar surface area (TPSA) is 91.6 Å². The maximum absolute atomic E-state index is 12.5. The Labute approximate surface area is 147 Å². The first-order valence-electron chi connectivity index (χ1n) is 8.93. The van der Waals surface area contributed by atoms with Gasteiger partial charge in [-0.15, -0.1) is 0 Å². The summed E-state index contributed by atoms with van der Waals surface area (Å²) >= 11 is 0. The molecular formula is C17H27N5O3. The van der Waals surface area contributed by atoms with Gasteiger partial charge in [-0.25, -0.2) is 4.79 Å². The van der Waals surface area contributed by atoms with E-state index in [-0.39, 0.29) is 17.9 Å². The summed E-state index contributed by atoms with van der Waals surface area (Å²) in [6.45, 7) is 8.32. The summed E-state index contributed by atoms with van der Waals surface area (Å²) in [6, 6.07) is -0.318. The fourth-order valence-corrected chi connectivity index (χ4v) is 3.73. The second kappa shape index (κ2) is 6.74. The van der Waals surface area contributed by atoms with Gasteiger partial charge in [-0.1, -0.05) is 19.0 Å². The van der Waals surface area contributed by atoms with Gasteiger partial charge in [0.25, 0.3) is 5.91 Å². The van der Waals surface area contributed by atoms with Gasteiger partial charge in [0, 0.05) is 25.9 Å². The molecule has 8 nitrogen and oxygen atoms in total. The number of nitrogens with one attached hydrogen (secondary N) is 1. The van der Waals surface area contributed by atoms with Gasteiger partial charge in [-0.2, -0.15) is 4.98 Å². The predicted octanol–water partition coefficient (Wildman–Crippen LogP) is 1.42. The largest absolute Gasteiger partial charge is 0.339 e. The number of carbonyl (C=O) groups is 2. The lowest BCUT2D eigenvalue weighted by Crippen LogP contribution is -2.55. The molecule has 0 bridgehead atoms. The van der Waals surface area contributed by atoms with Crippen LogP contribution in [0.3, 0.4) is 0 Å². The van der Waals surface area contributed by atoms with E-state index in [1.807, 2.05) is 6.92 Å². The third-order valence-corrected chi connectivity index (χ3v) is 5.20. The Morgan fingerprint density at radius 3 is 2.80 bits per heavy atom. The molecule has 0 spiro atoms. The van der Waals surface area contributed by atoms with Crippen LogP contribution in [0.25, 0.3) is 0 Å². The number of likely N-dealkylation sites (N-methyl/N-ethyl adjacent to an activating group) is 1. The highest BCUT2D eigenvalue weighted by Crippen LogP contribution is 2.32. The smallest absolute Gasteiger partial charge is 0.324 e. The second-order valence-electron chi connectivity index (χ2n) is 7.77. The summed E-state index contributed by atoms with van der Waals surface area (Å²) in [4.78, 5) is 32.2. The number of urea groups is 1. The summed E-state index contributed by atoms with van der Waals surface area (Å²) in [6.07, 6.45) is 2.67. The molecule has 25 heavy (non-hydrogen) atoms. The first-order chi connectivity index (χ1) is 11.8. The highest BCUT2D eigenvalue weighted by molar-refractivity contribution is 6.06. The molecular weight excluding hydrogens is 322 g/mol. The van der Waals surface area contributed by atoms with E-state index in [9.17, 15) is 9.59 Å². The molecule has 1 aromatic rings. The van der Waals surface area contributed by atoms with Crippen molar-refractivity contribution in [3.63, 3.8) is 0 Å². The number of hydrogen-bond donors (Lipinski definition) is 1. The zero-order valence-corrected chi connectivity index (χ0v) is 15.4. The van der Waals surface area contributed by atoms with Crippen LogP contribution in [0, 0.1) is 11.8 Å². The zero-order valence-electron chi connectivity index (χ0n) is 15.4. The second-order valence-corrected chi connectivity index (χ2v) is 7.77. The average molecular weight is 349 g/mol. The number of aromatic nitrogens is 2. The van der Waals surface area contributed by atoms with E-state index in [2.05, 4.69) is 34.2 Å². The van der Waals surface area contributed by atoms with Crippen molar-refractivity contribution in [1.29, 1.82) is 0 Å². The minimum Gasteiger partial charge on any atom is -0.339 e. The minimum absolute atomic E-state index is 0.0738. The Balaban J connectivity index is 1.64. The van der Waals surface area contributed by atoms with Crippen LogP contribution in [0.5, 0.6) is 0 Å². The van der Waals surface area contributed by atoms with Crippen molar-refractivity contribution >= 4 is 11.9 Å². The van der Waals surface area contributed by atoms with Crippen LogP contribution in [0.2, 0.25) is 0 Å². The number of carbonyl (C=O) groups excluding carboxylic acids is 2. The molecule has 2 aliphatic heterocycles. The Morgan fingerprint density at radius 1 is 1.40 bits per heavy atom. The molecule has 2 fully saturated rings. The molecule has 0 aliphatic carbocycles. The quantitative estimate of drug-likeness (QED) is 0.809. The first-order valence-corrected chi connectivity index (χ1v) is 8.93. The number of likely N-dealkylation sites (tertiary alicyclic amines) is 1. The van der Waals surface area contributed by atoms with Crippen molar-refractivity contribution in [3.05, 3.63) is 11.7 Å². The van der Waals surface area contributed by atoms with Crippen LogP contribution in [0.15, 0.2) is 4.52 Å². The summed E-state index contributed by atoms with van der Waals surface area (Å²) in [7, 11) is 1.53. The molecule has 0 saturated carbocycles. The van der Waals surface area contributed by atoms with Gasteiger partial charge in [-0.05, 0) is 32.2 Å². The van der Waals surface area contributed by atoms with Crippen LogP contribution in [-0.4, -0.2) is 57.6 Å². The van der Waals surface area contributed by atoms with Crippen molar-refractivity contribution in [2.45, 2.75) is 52.1 Å². The maximum Gasteiger partial charge on any atom is 0.324 e. The summed E-state index contributed by atoms with van der Waals surface area (Å²) < 4.78 is 5.30. The van der Waals surface area contributed by atoms with E-state index in [1.165, 1.54) is 11.9 Å². The lowest BCUT2D eigenvalue weighted by Gasteiger charge is -2.39. The molecule has 3 amide bonds. The van der Waals surface area contributed by atoms with Crippen LogP contribution >= 0.6 is 0 Å². The maximum atomic E-state index is 12.5. The molecule has 1 N–H and O–H groups in total. The van der Waals surface area contributed by atoms with E-state index in [4.69, 9.17) is 4.52 Å². The predicted molar refractivity (Wildman–Crippen MR) is 90.5 cm³/mol. The number of piperidine rings is 1. The molecule has 3 rings (SSSR count). The molecule has 2 atom stereocenters. The van der Waals surface area contributed by atoms with Gasteiger partial charge in [0.1, 0.15) is 5.54 Å². The Hall–Kier alpha value is -1.96. The fraction of sp³-hybridized carbons (Fsp3) is 0.765. The van der Waals surface area contributed by atoms with Crippen molar-refractivity contribution in [2.24, 2.45) is 11.8 Å². The molecule has 2 aliphatic rings. The summed E-state index contributed by atoms with van der Waals surface area (Å²) in [5, 5.41) is 6.94. The van der Waals surface area contributed by atoms with Crippen molar-refractivity contribution < 1.29 is 14.1 Å². The molecule has 2 saturated heterocycles. The van der Waals surface area contributed by atoms with Gasteiger partial charge in [0.2, 0.25) is 5.89 Å². The van der Waals surface area contributed by atoms with Crippen molar-refractivity contribution in [2.75, 3.05) is 20.1 Å². The fourth-order valence-electron chi connectivity index (χ4n) is 3.73. The average Bonchev–Trinajstić information content (AvgIpc) is 3.06. The van der Waals surface area contributed by atoms with Crippen LogP contribution in [-0.2, 0) is 17.8 Å². The number of hydrogen-bond acceptors (Lipinski definition) is 6. The standard InChI is InChI=1S/C17H27N5O3/c1-11(2)8-14-18-13(20-25-14)10-22-7-5-6-12(9-22)17(3)15(23)21(4)16(24)19-17/h11-12H,5-10H2,1-4H3,(H,19,24). The van der Waals surface area contributed by atoms with Gasteiger partial charge < -0.3 is 9.84 Å². The normalized spacial score (nSPS) is 28.0. The molecule has 1 aromatic heterocycles. The number of rotatable bonds is 5. The zero-order chi connectivity index (χ0) is 18.2. The molecule has 2 unspecified atom stereocenters. The van der Waals surface area contributed by atoms with E-state index < -0.39 is 5.54 Å². The number of imide groups is 1. The van der Waals surface area contributed by atoms with E-state index >= 15 is 0 Å². The summed E-state index contributed by atoms with van der Waals surface area (Å²) in [5.41, 5.74) is -0.829. The van der Waals surface area contributed by atoms with E-state index in [0.29, 0.717) is 24.2 Å². The van der Waals surface area contributed by atoms with Crippen LogP contribution in [0.1, 0.15) is 45.3 Å². The van der Waals surface area contributed by atoms with Gasteiger partial charge >= 0.3 is 6.03 Å². The summed E-state index contributed by atoms with van der Waals surface area (Å²) in [5.74, 6) is 1.75. The molecule has 138 valence electrons. The first kappa shape index (κ1) is 17.8. The number of amides is 3. The van der Waals surface area contributed by atoms with Gasteiger partial charge in [-0.3, -0.25) is 14.6 Å². The minimum atomic E-state index is -0.829. The number of nitrogens with zero attached hydrogens (tertiary/aromatic N) is 4. The molecule has 8 heteroatoms. The SMILES string of the molecule is CC(C)Cc1nc(CN2CCCC(C3(C)NC(=O)N(C)C3=O)C2)no1. The lowest BCUT2D eigenvalue weighted by atomic mass is 9.80. The Bertz CT molecular complexity index is 658. The highest BCUT2D eigenvalue weighted by Gasteiger charge is 2.51. The molecule has 0 radical (unpaired) electrons. The third kappa shape index (κ3) is 3.53. The van der Waals surface area contributed by atoms with Gasteiger partial charge in [0.15, 0.2) is 5.82 Å². The van der Waals surface area contributed by atoms with Crippen LogP contribution < -0.4 is 5.32 Å². The van der Waals surface area contributed by atoms with E-state index in [1.54, 1.807) is 0 Å². The van der Waals surface area contributed by atoms with Gasteiger partial charge in [0.05, 0.1) is 6.54 Å². The van der Waals surface area contributed by atoms with Crippen molar-refractivity contribution in [3.8, 4) is 0 Å². The monoisotopic (exact) mass is 349 g/mol. The Morgan fingerprint density at radius 2 is 2.16 bits per heavy atom. The molecule has 3 heterocycles. The lowest BCUT2D eigenvalue weighted by molar-refractivity contribution is -0.132. The van der Waals surface area contributed by atoms with Crippen LogP contribution in [0.4, 0.5) is 4.79 Å². The van der Waals surface area contributed by atoms with E-state index in [0.717, 1.165) is 32.4 Å². The third-order valence-electron chi connectivity index (χ3n) is 5.20.